The standard InChI is InChI=1S/C18H14BrClN4OS/c19-12-9-26-17-15(22-18(20)23-16(12)17)10-4-5-11-8-21-24(13(11)7-10)14-3-1-2-6-25-14/h4-5,7-9,14H,1-3,6H2. The predicted molar refractivity (Wildman–Crippen MR) is 108 cm³/mol. The molecule has 0 N–H and O–H groups in total. The monoisotopic (exact) mass is 448 g/mol. The molecule has 1 aliphatic rings. The maximum absolute atomic E-state index is 6.18. The molecule has 1 unspecified atom stereocenters. The molecule has 132 valence electrons. The van der Waals surface area contributed by atoms with Gasteiger partial charge in [-0.05, 0) is 52.9 Å². The van der Waals surface area contributed by atoms with Gasteiger partial charge in [0.05, 0.1) is 26.6 Å². The molecule has 1 saturated heterocycles. The molecule has 1 aliphatic heterocycles. The molecule has 1 atom stereocenters. The Morgan fingerprint density at radius 2 is 2.19 bits per heavy atom. The van der Waals surface area contributed by atoms with Crippen molar-refractivity contribution in [2.45, 2.75) is 25.5 Å². The Kier molecular flexibility index (Phi) is 4.20. The van der Waals surface area contributed by atoms with Gasteiger partial charge in [0, 0.05) is 22.9 Å². The van der Waals surface area contributed by atoms with Crippen molar-refractivity contribution in [1.29, 1.82) is 0 Å². The summed E-state index contributed by atoms with van der Waals surface area (Å²) in [6.07, 6.45) is 5.16. The molecule has 0 radical (unpaired) electrons. The fourth-order valence-electron chi connectivity index (χ4n) is 3.39. The summed E-state index contributed by atoms with van der Waals surface area (Å²) in [4.78, 5) is 8.85. The van der Waals surface area contributed by atoms with Crippen molar-refractivity contribution in [2.24, 2.45) is 0 Å². The van der Waals surface area contributed by atoms with E-state index in [9.17, 15) is 0 Å². The third-order valence-electron chi connectivity index (χ3n) is 4.65. The zero-order valence-corrected chi connectivity index (χ0v) is 16.8. The van der Waals surface area contributed by atoms with E-state index in [4.69, 9.17) is 16.3 Å². The van der Waals surface area contributed by atoms with E-state index in [1.54, 1.807) is 11.3 Å². The first kappa shape index (κ1) is 16.6. The normalized spacial score (nSPS) is 18.0. The van der Waals surface area contributed by atoms with Gasteiger partial charge in [-0.1, -0.05) is 12.1 Å². The molecule has 0 amide bonds. The van der Waals surface area contributed by atoms with Crippen molar-refractivity contribution in [3.8, 4) is 11.3 Å². The molecule has 26 heavy (non-hydrogen) atoms. The first-order valence-corrected chi connectivity index (χ1v) is 10.5. The van der Waals surface area contributed by atoms with Crippen LogP contribution in [0.25, 0.3) is 32.4 Å². The van der Waals surface area contributed by atoms with Crippen molar-refractivity contribution in [2.75, 3.05) is 6.61 Å². The van der Waals surface area contributed by atoms with Crippen molar-refractivity contribution >= 4 is 60.0 Å². The number of hydrogen-bond acceptors (Lipinski definition) is 5. The fraction of sp³-hybridized carbons (Fsp3) is 0.278. The Labute approximate surface area is 167 Å². The average molecular weight is 450 g/mol. The molecule has 5 nitrogen and oxygen atoms in total. The van der Waals surface area contributed by atoms with Gasteiger partial charge in [-0.2, -0.15) is 5.10 Å². The molecular formula is C18H14BrClN4OS. The topological polar surface area (TPSA) is 52.8 Å². The van der Waals surface area contributed by atoms with E-state index >= 15 is 0 Å². The van der Waals surface area contributed by atoms with Crippen molar-refractivity contribution in [1.82, 2.24) is 19.7 Å². The number of nitrogens with zero attached hydrogens (tertiary/aromatic N) is 4. The highest BCUT2D eigenvalue weighted by molar-refractivity contribution is 9.10. The van der Waals surface area contributed by atoms with Crippen LogP contribution in [0.4, 0.5) is 0 Å². The van der Waals surface area contributed by atoms with Crippen LogP contribution in [0, 0.1) is 0 Å². The van der Waals surface area contributed by atoms with E-state index in [0.717, 1.165) is 62.7 Å². The first-order valence-electron chi connectivity index (χ1n) is 8.40. The lowest BCUT2D eigenvalue weighted by molar-refractivity contribution is -0.0366. The molecule has 4 heterocycles. The van der Waals surface area contributed by atoms with E-state index < -0.39 is 0 Å². The second-order valence-corrected chi connectivity index (χ2v) is 8.36. The van der Waals surface area contributed by atoms with Gasteiger partial charge in [-0.25, -0.2) is 14.6 Å². The van der Waals surface area contributed by atoms with Crippen LogP contribution in [0.3, 0.4) is 0 Å². The van der Waals surface area contributed by atoms with E-state index in [1.807, 2.05) is 16.3 Å². The Balaban J connectivity index is 1.68. The smallest absolute Gasteiger partial charge is 0.223 e. The number of thiophene rings is 1. The summed E-state index contributed by atoms with van der Waals surface area (Å²) < 4.78 is 9.86. The molecule has 0 spiro atoms. The molecule has 0 aliphatic carbocycles. The zero-order chi connectivity index (χ0) is 17.7. The van der Waals surface area contributed by atoms with Gasteiger partial charge in [0.15, 0.2) is 6.23 Å². The highest BCUT2D eigenvalue weighted by Gasteiger charge is 2.20. The van der Waals surface area contributed by atoms with Crippen LogP contribution >= 0.6 is 38.9 Å². The Bertz CT molecular complexity index is 1120. The van der Waals surface area contributed by atoms with Gasteiger partial charge in [0.1, 0.15) is 5.52 Å². The van der Waals surface area contributed by atoms with Gasteiger partial charge in [-0.15, -0.1) is 11.3 Å². The number of benzene rings is 1. The maximum Gasteiger partial charge on any atom is 0.223 e. The van der Waals surface area contributed by atoms with E-state index in [0.29, 0.717) is 0 Å². The minimum atomic E-state index is 0.00129. The van der Waals surface area contributed by atoms with Crippen LogP contribution in [0.5, 0.6) is 0 Å². The van der Waals surface area contributed by atoms with Gasteiger partial charge in [0.25, 0.3) is 0 Å². The van der Waals surface area contributed by atoms with Gasteiger partial charge in [-0.3, -0.25) is 0 Å². The molecule has 8 heteroatoms. The van der Waals surface area contributed by atoms with E-state index in [2.05, 4.69) is 49.2 Å². The number of hydrogen-bond donors (Lipinski definition) is 0. The number of ether oxygens (including phenoxy) is 1. The Hall–Kier alpha value is -1.54. The highest BCUT2D eigenvalue weighted by Crippen LogP contribution is 2.37. The quantitative estimate of drug-likeness (QED) is 0.362. The largest absolute Gasteiger partial charge is 0.356 e. The molecule has 4 aromatic rings. The summed E-state index contributed by atoms with van der Waals surface area (Å²) in [7, 11) is 0. The molecule has 0 bridgehead atoms. The lowest BCUT2D eigenvalue weighted by atomic mass is 10.1. The number of halogens is 2. The third-order valence-corrected chi connectivity index (χ3v) is 6.70. The second-order valence-electron chi connectivity index (χ2n) is 6.29. The molecule has 0 saturated carbocycles. The molecule has 1 aromatic carbocycles. The van der Waals surface area contributed by atoms with Gasteiger partial charge < -0.3 is 4.74 Å². The van der Waals surface area contributed by atoms with Crippen LogP contribution in [0.2, 0.25) is 5.28 Å². The lowest BCUT2D eigenvalue weighted by Crippen LogP contribution is -2.18. The van der Waals surface area contributed by atoms with Crippen LogP contribution in [0.1, 0.15) is 25.5 Å². The maximum atomic E-state index is 6.18. The van der Waals surface area contributed by atoms with Crippen LogP contribution in [-0.4, -0.2) is 26.4 Å². The third kappa shape index (κ3) is 2.74. The van der Waals surface area contributed by atoms with Crippen molar-refractivity contribution in [3.63, 3.8) is 0 Å². The summed E-state index contributed by atoms with van der Waals surface area (Å²) in [6.45, 7) is 0.789. The van der Waals surface area contributed by atoms with Crippen LogP contribution < -0.4 is 0 Å². The number of rotatable bonds is 2. The minimum absolute atomic E-state index is 0.00129. The second kappa shape index (κ2) is 6.56. The lowest BCUT2D eigenvalue weighted by Gasteiger charge is -2.23. The SMILES string of the molecule is Clc1nc(-c2ccc3cnn(C4CCCCO4)c3c2)c2scc(Br)c2n1. The average Bonchev–Trinajstić information content (AvgIpc) is 3.25. The summed E-state index contributed by atoms with van der Waals surface area (Å²) in [6, 6.07) is 6.25. The molecule has 5 rings (SSSR count). The predicted octanol–water partition coefficient (Wildman–Crippen LogP) is 5.82. The van der Waals surface area contributed by atoms with E-state index in [-0.39, 0.29) is 11.5 Å². The summed E-state index contributed by atoms with van der Waals surface area (Å²) in [5, 5.41) is 7.91. The number of aromatic nitrogens is 4. The fourth-order valence-corrected chi connectivity index (χ4v) is 5.13. The summed E-state index contributed by atoms with van der Waals surface area (Å²) in [5.74, 6) is 0. The van der Waals surface area contributed by atoms with Crippen LogP contribution in [-0.2, 0) is 4.74 Å². The van der Waals surface area contributed by atoms with Crippen LogP contribution in [0.15, 0.2) is 34.2 Å². The van der Waals surface area contributed by atoms with Gasteiger partial charge in [0.2, 0.25) is 5.28 Å². The molecule has 1 fully saturated rings. The molecular weight excluding hydrogens is 436 g/mol. The van der Waals surface area contributed by atoms with E-state index in [1.165, 1.54) is 0 Å². The highest BCUT2D eigenvalue weighted by atomic mass is 79.9. The van der Waals surface area contributed by atoms with Gasteiger partial charge >= 0.3 is 0 Å². The van der Waals surface area contributed by atoms with Crippen molar-refractivity contribution < 1.29 is 4.74 Å². The Morgan fingerprint density at radius 3 is 3.04 bits per heavy atom. The van der Waals surface area contributed by atoms with Crippen molar-refractivity contribution in [3.05, 3.63) is 39.5 Å². The molecule has 3 aromatic heterocycles. The summed E-state index contributed by atoms with van der Waals surface area (Å²) >= 11 is 11.3. The minimum Gasteiger partial charge on any atom is -0.356 e. The number of fused-ring (bicyclic) bond motifs is 2. The zero-order valence-electron chi connectivity index (χ0n) is 13.7. The summed E-state index contributed by atoms with van der Waals surface area (Å²) in [5.41, 5.74) is 3.73. The first-order chi connectivity index (χ1) is 12.7. The Morgan fingerprint density at radius 1 is 1.27 bits per heavy atom.